The number of nitrogens with two attached hydrogens (primary N) is 3. The fourth-order valence-electron chi connectivity index (χ4n) is 6.98. The molecule has 1 aromatic carbocycles. The molecule has 1 amide bonds. The molecule has 7 N–H and O–H groups in total. The molecule has 202 valence electrons. The first-order valence-corrected chi connectivity index (χ1v) is 12.2. The van der Waals surface area contributed by atoms with Crippen molar-refractivity contribution in [3.63, 3.8) is 0 Å². The average molecular weight is 525 g/mol. The Morgan fingerprint density at radius 2 is 1.76 bits per heavy atom. The number of phenolic OH excluding ortho intramolecular Hbond substituents is 1. The summed E-state index contributed by atoms with van der Waals surface area (Å²) in [6, 6.07) is 2.00. The van der Waals surface area contributed by atoms with Crippen LogP contribution in [-0.4, -0.2) is 84.4 Å². The summed E-state index contributed by atoms with van der Waals surface area (Å²) in [5.41, 5.74) is 13.8. The zero-order chi connectivity index (χ0) is 28.7. The van der Waals surface area contributed by atoms with Crippen LogP contribution in [0.5, 0.6) is 5.75 Å². The molecule has 12 nitrogen and oxygen atoms in total. The second-order valence-corrected chi connectivity index (χ2v) is 11.1. The van der Waals surface area contributed by atoms with Crippen LogP contribution >= 0.6 is 0 Å². The number of benzene rings is 1. The Morgan fingerprint density at radius 3 is 2.24 bits per heavy atom. The number of primary amides is 1. The fourth-order valence-corrected chi connectivity index (χ4v) is 6.98. The summed E-state index contributed by atoms with van der Waals surface area (Å²) in [4.78, 5) is 70.8. The van der Waals surface area contributed by atoms with Crippen LogP contribution in [-0.2, 0) is 32.0 Å². The van der Waals surface area contributed by atoms with E-state index in [0.717, 1.165) is 0 Å². The summed E-state index contributed by atoms with van der Waals surface area (Å²) in [6.07, 6.45) is -0.152. The predicted molar refractivity (Wildman–Crippen MR) is 135 cm³/mol. The average Bonchev–Trinajstić information content (AvgIpc) is 2.77. The van der Waals surface area contributed by atoms with Crippen molar-refractivity contribution in [2.24, 2.45) is 34.5 Å². The minimum absolute atomic E-state index is 0.0972. The molecule has 0 spiro atoms. The van der Waals surface area contributed by atoms with Crippen molar-refractivity contribution in [1.82, 2.24) is 4.90 Å². The Morgan fingerprint density at radius 1 is 1.16 bits per heavy atom. The van der Waals surface area contributed by atoms with E-state index in [1.165, 1.54) is 19.0 Å². The number of nitrogens with zero attached hydrogens (tertiary/aromatic N) is 3. The van der Waals surface area contributed by atoms with E-state index in [2.05, 4.69) is 0 Å². The molecule has 0 saturated heterocycles. The molecule has 4 rings (SSSR count). The Kier molecular flexibility index (Phi) is 6.07. The number of Topliss-reactive ketones (excluding diaryl/α,β-unsaturated/α-hetero) is 4. The molecule has 0 bridgehead atoms. The van der Waals surface area contributed by atoms with Gasteiger partial charge in [0.25, 0.3) is 0 Å². The van der Waals surface area contributed by atoms with Gasteiger partial charge in [0, 0.05) is 25.3 Å². The molecule has 2 fully saturated rings. The van der Waals surface area contributed by atoms with E-state index in [4.69, 9.17) is 17.2 Å². The predicted octanol–water partition coefficient (Wildman–Crippen LogP) is -1.56. The van der Waals surface area contributed by atoms with Crippen molar-refractivity contribution in [2.75, 3.05) is 33.1 Å². The van der Waals surface area contributed by atoms with Gasteiger partial charge < -0.3 is 27.2 Å². The van der Waals surface area contributed by atoms with Gasteiger partial charge in [0.15, 0.2) is 34.5 Å². The lowest BCUT2D eigenvalue weighted by molar-refractivity contribution is -0.166. The van der Waals surface area contributed by atoms with Crippen molar-refractivity contribution in [2.45, 2.75) is 43.3 Å². The Labute approximate surface area is 219 Å². The molecule has 6 atom stereocenters. The molecule has 2 unspecified atom stereocenters. The van der Waals surface area contributed by atoms with Gasteiger partial charge in [-0.25, -0.2) is 0 Å². The van der Waals surface area contributed by atoms with Crippen LogP contribution in [0.1, 0.15) is 34.8 Å². The molecule has 3 aliphatic rings. The van der Waals surface area contributed by atoms with E-state index >= 15 is 0 Å². The van der Waals surface area contributed by atoms with Crippen molar-refractivity contribution < 1.29 is 29.1 Å². The number of fused-ring (bicyclic) bond motifs is 3. The Bertz CT molecular complexity index is 1360. The largest absolute Gasteiger partial charge is 0.507 e. The monoisotopic (exact) mass is 524 g/mol. The van der Waals surface area contributed by atoms with Gasteiger partial charge in [0.05, 0.1) is 23.2 Å². The third kappa shape index (κ3) is 3.09. The molecule has 0 aliphatic heterocycles. The highest BCUT2D eigenvalue weighted by atomic mass is 16.3. The molecule has 12 heteroatoms. The van der Waals surface area contributed by atoms with Gasteiger partial charge >= 0.3 is 0 Å². The Balaban J connectivity index is 2.06. The standard InChI is InChI=1S/C26H32N6O6/c1-6-11-7-13(31(2)3)12-8-24(29)9-26(30)20(32(4)5)19(35)15(23(28)38)21(36)25(26,10-27)22(37)16(24)18(34)14(12)17(11)33/h7,15-16,20,33H,6,8-9,29-30H2,1-5H3,(H2,28,38)/t15?,16?,20-,24-,25+,26-/m1/s1. The number of nitriles is 1. The van der Waals surface area contributed by atoms with E-state index in [9.17, 15) is 34.3 Å². The highest BCUT2D eigenvalue weighted by Crippen LogP contribution is 2.57. The first-order valence-electron chi connectivity index (χ1n) is 12.2. The van der Waals surface area contributed by atoms with E-state index in [-0.39, 0.29) is 17.7 Å². The number of amides is 1. The molecular weight excluding hydrogens is 492 g/mol. The third-order valence-electron chi connectivity index (χ3n) is 8.51. The smallest absolute Gasteiger partial charge is 0.235 e. The van der Waals surface area contributed by atoms with E-state index in [0.29, 0.717) is 23.2 Å². The minimum Gasteiger partial charge on any atom is -0.507 e. The quantitative estimate of drug-likeness (QED) is 0.330. The molecule has 0 heterocycles. The van der Waals surface area contributed by atoms with Crippen LogP contribution in [0.3, 0.4) is 0 Å². The second kappa shape index (κ2) is 8.42. The SMILES string of the molecule is CCc1cc(N(C)C)c2c(c1O)C(=O)C1C(=O)[C@]3(C#N)C(=O)C(C(N)=O)C(=O)[C@@H](N(C)C)[C@]3(N)C[C@]1(N)C2. The summed E-state index contributed by atoms with van der Waals surface area (Å²) in [5, 5.41) is 21.4. The van der Waals surface area contributed by atoms with Crippen LogP contribution < -0.4 is 22.1 Å². The van der Waals surface area contributed by atoms with Gasteiger partial charge in [-0.3, -0.25) is 28.9 Å². The number of aromatic hydroxyl groups is 1. The van der Waals surface area contributed by atoms with Gasteiger partial charge in [-0.15, -0.1) is 0 Å². The maximum atomic E-state index is 14.3. The van der Waals surface area contributed by atoms with Crippen LogP contribution in [0.25, 0.3) is 0 Å². The van der Waals surface area contributed by atoms with Crippen molar-refractivity contribution in [1.29, 1.82) is 5.26 Å². The number of likely N-dealkylation sites (N-methyl/N-ethyl adjacent to an activating group) is 1. The van der Waals surface area contributed by atoms with Gasteiger partial charge in [-0.1, -0.05) is 6.92 Å². The summed E-state index contributed by atoms with van der Waals surface area (Å²) >= 11 is 0. The summed E-state index contributed by atoms with van der Waals surface area (Å²) in [7, 11) is 6.44. The number of carbonyl (C=O) groups is 5. The number of hydrogen-bond acceptors (Lipinski definition) is 11. The van der Waals surface area contributed by atoms with Gasteiger partial charge in [-0.2, -0.15) is 5.26 Å². The number of rotatable bonds is 4. The number of hydrogen-bond donors (Lipinski definition) is 4. The van der Waals surface area contributed by atoms with Crippen LogP contribution in [0.4, 0.5) is 5.69 Å². The lowest BCUT2D eigenvalue weighted by Crippen LogP contribution is -2.85. The maximum absolute atomic E-state index is 14.3. The van der Waals surface area contributed by atoms with Crippen molar-refractivity contribution >= 4 is 34.7 Å². The lowest BCUT2D eigenvalue weighted by atomic mass is 9.42. The Hall–Kier alpha value is -3.66. The molecular formula is C26H32N6O6. The number of phenols is 1. The number of carbonyl (C=O) groups excluding carboxylic acids is 5. The van der Waals surface area contributed by atoms with E-state index < -0.39 is 69.8 Å². The van der Waals surface area contributed by atoms with Gasteiger partial charge in [-0.05, 0) is 50.6 Å². The second-order valence-electron chi connectivity index (χ2n) is 11.1. The van der Waals surface area contributed by atoms with E-state index in [1.54, 1.807) is 38.1 Å². The first kappa shape index (κ1) is 27.4. The molecule has 38 heavy (non-hydrogen) atoms. The molecule has 3 aliphatic carbocycles. The maximum Gasteiger partial charge on any atom is 0.235 e. The highest BCUT2D eigenvalue weighted by molar-refractivity contribution is 6.33. The van der Waals surface area contributed by atoms with Crippen LogP contribution in [0.2, 0.25) is 0 Å². The summed E-state index contributed by atoms with van der Waals surface area (Å²) < 4.78 is 0. The highest BCUT2D eigenvalue weighted by Gasteiger charge is 2.78. The fraction of sp³-hybridized carbons (Fsp3) is 0.538. The molecule has 1 aromatic rings. The van der Waals surface area contributed by atoms with E-state index in [1.807, 2.05) is 0 Å². The third-order valence-corrected chi connectivity index (χ3v) is 8.51. The van der Waals surface area contributed by atoms with Gasteiger partial charge in [0.1, 0.15) is 11.7 Å². The van der Waals surface area contributed by atoms with Crippen LogP contribution in [0, 0.1) is 28.6 Å². The number of ketones is 4. The topological polar surface area (TPSA) is 214 Å². The lowest BCUT2D eigenvalue weighted by Gasteiger charge is -2.60. The van der Waals surface area contributed by atoms with Gasteiger partial charge in [0.2, 0.25) is 5.91 Å². The molecule has 0 radical (unpaired) electrons. The molecule has 2 saturated carbocycles. The van der Waals surface area contributed by atoms with Crippen LogP contribution in [0.15, 0.2) is 6.07 Å². The number of aryl methyl sites for hydroxylation is 1. The zero-order valence-electron chi connectivity index (χ0n) is 22.0. The number of anilines is 1. The zero-order valence-corrected chi connectivity index (χ0v) is 22.0. The summed E-state index contributed by atoms with van der Waals surface area (Å²) in [6.45, 7) is 1.80. The minimum atomic E-state index is -2.75. The summed E-state index contributed by atoms with van der Waals surface area (Å²) in [5.74, 6) is -9.74. The van der Waals surface area contributed by atoms with Crippen molar-refractivity contribution in [3.8, 4) is 11.8 Å². The molecule has 0 aromatic heterocycles. The normalized spacial score (nSPS) is 34.3. The van der Waals surface area contributed by atoms with Crippen molar-refractivity contribution in [3.05, 3.63) is 22.8 Å². The first-order chi connectivity index (χ1) is 17.6.